The zero-order valence-corrected chi connectivity index (χ0v) is 18.8. The van der Waals surface area contributed by atoms with Crippen LogP contribution in [0.15, 0.2) is 78.5 Å². The highest BCUT2D eigenvalue weighted by Crippen LogP contribution is 2.32. The molecular weight excluding hydrogens is 423 g/mol. The van der Waals surface area contributed by atoms with Gasteiger partial charge in [-0.3, -0.25) is 9.78 Å². The Labute approximate surface area is 192 Å². The van der Waals surface area contributed by atoms with Crippen LogP contribution in [-0.2, 0) is 5.54 Å². The summed E-state index contributed by atoms with van der Waals surface area (Å²) in [4.78, 5) is 17.3. The first-order valence-electron chi connectivity index (χ1n) is 10.3. The van der Waals surface area contributed by atoms with Crippen LogP contribution in [0, 0.1) is 5.82 Å². The van der Waals surface area contributed by atoms with E-state index in [2.05, 4.69) is 16.9 Å². The van der Waals surface area contributed by atoms with Crippen LogP contribution in [0.3, 0.4) is 0 Å². The molecule has 2 aromatic carbocycles. The Morgan fingerprint density at radius 3 is 2.62 bits per heavy atom. The van der Waals surface area contributed by atoms with Crippen molar-refractivity contribution >= 4 is 23.4 Å². The first-order valence-corrected chi connectivity index (χ1v) is 11.3. The van der Waals surface area contributed by atoms with Crippen LogP contribution in [0.5, 0.6) is 0 Å². The Morgan fingerprint density at radius 1 is 1.19 bits per heavy atom. The molecule has 0 aliphatic heterocycles. The third-order valence-corrected chi connectivity index (χ3v) is 6.11. The molecule has 1 aromatic heterocycles. The van der Waals surface area contributed by atoms with Crippen LogP contribution < -0.4 is 16.8 Å². The Balaban J connectivity index is 1.87. The van der Waals surface area contributed by atoms with Crippen LogP contribution in [0.25, 0.3) is 11.1 Å². The quantitative estimate of drug-likeness (QED) is 0.414. The molecule has 0 radical (unpaired) electrons. The van der Waals surface area contributed by atoms with Crippen LogP contribution in [-0.4, -0.2) is 16.6 Å². The summed E-state index contributed by atoms with van der Waals surface area (Å²) in [7, 11) is 0. The molecule has 0 saturated heterocycles. The number of nitrogens with one attached hydrogen (secondary N) is 1. The number of rotatable bonds is 9. The third kappa shape index (κ3) is 5.55. The summed E-state index contributed by atoms with van der Waals surface area (Å²) in [6, 6.07) is 17.6. The number of carbonyl (C=O) groups is 1. The Bertz CT molecular complexity index is 1110. The molecule has 0 fully saturated rings. The van der Waals surface area contributed by atoms with Gasteiger partial charge in [0.1, 0.15) is 11.5 Å². The number of halogens is 1. The lowest BCUT2D eigenvalue weighted by Gasteiger charge is -2.29. The van der Waals surface area contributed by atoms with Crippen molar-refractivity contribution in [3.63, 3.8) is 0 Å². The van der Waals surface area contributed by atoms with E-state index in [9.17, 15) is 9.18 Å². The number of benzene rings is 2. The molecule has 32 heavy (non-hydrogen) atoms. The first-order chi connectivity index (χ1) is 15.3. The summed E-state index contributed by atoms with van der Waals surface area (Å²) < 4.78 is 14.7. The van der Waals surface area contributed by atoms with E-state index < -0.39 is 11.4 Å². The molecule has 0 aliphatic rings. The van der Waals surface area contributed by atoms with E-state index in [0.717, 1.165) is 5.56 Å². The van der Waals surface area contributed by atoms with Gasteiger partial charge in [0.2, 0.25) is 0 Å². The van der Waals surface area contributed by atoms with Crippen molar-refractivity contribution in [3.8, 4) is 11.1 Å². The fourth-order valence-electron chi connectivity index (χ4n) is 3.48. The van der Waals surface area contributed by atoms with Crippen LogP contribution in [0.2, 0.25) is 0 Å². The van der Waals surface area contributed by atoms with Crippen molar-refractivity contribution in [1.29, 1.82) is 0 Å². The summed E-state index contributed by atoms with van der Waals surface area (Å²) >= 11 is 1.39. The highest BCUT2D eigenvalue weighted by atomic mass is 32.2. The second-order valence-corrected chi connectivity index (χ2v) is 8.71. The lowest BCUT2D eigenvalue weighted by Crippen LogP contribution is -2.37. The number of amides is 1. The molecule has 0 unspecified atom stereocenters. The Kier molecular flexibility index (Phi) is 7.66. The zero-order valence-electron chi connectivity index (χ0n) is 18.0. The number of aromatic nitrogens is 1. The van der Waals surface area contributed by atoms with Crippen molar-refractivity contribution < 1.29 is 9.18 Å². The summed E-state index contributed by atoms with van der Waals surface area (Å²) in [5.74, 6) is -0.174. The van der Waals surface area contributed by atoms with Gasteiger partial charge < -0.3 is 16.8 Å². The van der Waals surface area contributed by atoms with Gasteiger partial charge >= 0.3 is 0 Å². The topological polar surface area (TPSA) is 94.0 Å². The smallest absolute Gasteiger partial charge is 0.274 e. The minimum atomic E-state index is -0.895. The molecule has 3 rings (SSSR count). The van der Waals surface area contributed by atoms with Gasteiger partial charge in [0.15, 0.2) is 0 Å². The molecule has 1 heterocycles. The van der Waals surface area contributed by atoms with Crippen molar-refractivity contribution in [1.82, 2.24) is 4.98 Å². The molecule has 1 amide bonds. The number of nitrogens with two attached hydrogens (primary N) is 2. The van der Waals surface area contributed by atoms with Crippen LogP contribution in [0.1, 0.15) is 35.8 Å². The van der Waals surface area contributed by atoms with Crippen LogP contribution in [0.4, 0.5) is 10.1 Å². The molecule has 0 spiro atoms. The van der Waals surface area contributed by atoms with E-state index in [1.54, 1.807) is 18.3 Å². The van der Waals surface area contributed by atoms with Gasteiger partial charge in [-0.25, -0.2) is 4.39 Å². The van der Waals surface area contributed by atoms with Gasteiger partial charge in [-0.1, -0.05) is 49.9 Å². The maximum atomic E-state index is 14.7. The van der Waals surface area contributed by atoms with Gasteiger partial charge in [-0.05, 0) is 42.7 Å². The monoisotopic (exact) mass is 450 g/mol. The van der Waals surface area contributed by atoms with E-state index in [-0.39, 0.29) is 11.6 Å². The number of thioether (sulfide) groups is 1. The molecule has 5 nitrogen and oxygen atoms in total. The SMILES string of the molecule is C=C(N)SCC[C@@](N)(CC)c1cc(NC(=O)c2ncccc2-c2ccccc2)ccc1F. The van der Waals surface area contributed by atoms with Gasteiger partial charge in [-0.15, -0.1) is 11.8 Å². The fraction of sp³-hybridized carbons (Fsp3) is 0.200. The standard InChI is InChI=1S/C25H27FN4OS/c1-3-25(28,13-15-32-17(2)27)21-16-19(11-12-22(21)26)30-24(31)23-20(10-7-14-29-23)18-8-5-4-6-9-18/h4-12,14,16H,2-3,13,15,27-28H2,1H3,(H,30,31)/t25-/m0/s1. The lowest BCUT2D eigenvalue weighted by molar-refractivity contribution is 0.102. The molecule has 0 saturated carbocycles. The molecule has 7 heteroatoms. The van der Waals surface area contributed by atoms with E-state index in [0.29, 0.717) is 40.4 Å². The number of nitrogens with zero attached hydrogens (tertiary/aromatic N) is 1. The summed E-state index contributed by atoms with van der Waals surface area (Å²) in [6.45, 7) is 5.58. The normalized spacial score (nSPS) is 12.7. The Hall–Kier alpha value is -3.16. The number of hydrogen-bond donors (Lipinski definition) is 3. The van der Waals surface area contributed by atoms with Gasteiger partial charge in [0.05, 0.1) is 5.03 Å². The summed E-state index contributed by atoms with van der Waals surface area (Å²) in [6.07, 6.45) is 2.61. The lowest BCUT2D eigenvalue weighted by atomic mass is 9.85. The summed E-state index contributed by atoms with van der Waals surface area (Å²) in [5.41, 5.74) is 14.0. The van der Waals surface area contributed by atoms with Crippen molar-refractivity contribution in [3.05, 3.63) is 95.5 Å². The molecule has 3 aromatic rings. The van der Waals surface area contributed by atoms with E-state index in [4.69, 9.17) is 11.5 Å². The predicted octanol–water partition coefficient (Wildman–Crippen LogP) is 5.26. The van der Waals surface area contributed by atoms with Gasteiger partial charge in [0, 0.05) is 34.3 Å². The number of hydrogen-bond acceptors (Lipinski definition) is 5. The Morgan fingerprint density at radius 2 is 1.94 bits per heavy atom. The first kappa shape index (κ1) is 23.5. The van der Waals surface area contributed by atoms with E-state index >= 15 is 0 Å². The minimum Gasteiger partial charge on any atom is -0.394 e. The van der Waals surface area contributed by atoms with Crippen molar-refractivity contribution in [2.75, 3.05) is 11.1 Å². The van der Waals surface area contributed by atoms with Gasteiger partial charge in [0.25, 0.3) is 5.91 Å². The van der Waals surface area contributed by atoms with E-state index in [1.165, 1.54) is 23.9 Å². The second-order valence-electron chi connectivity index (χ2n) is 7.49. The third-order valence-electron chi connectivity index (χ3n) is 5.33. The molecule has 5 N–H and O–H groups in total. The predicted molar refractivity (Wildman–Crippen MR) is 131 cm³/mol. The average molecular weight is 451 g/mol. The molecular formula is C25H27FN4OS. The maximum absolute atomic E-state index is 14.7. The maximum Gasteiger partial charge on any atom is 0.274 e. The van der Waals surface area contributed by atoms with E-state index in [1.807, 2.05) is 43.3 Å². The molecule has 0 aliphatic carbocycles. The average Bonchev–Trinajstić information content (AvgIpc) is 2.80. The number of anilines is 1. The highest BCUT2D eigenvalue weighted by Gasteiger charge is 2.29. The highest BCUT2D eigenvalue weighted by molar-refractivity contribution is 8.02. The van der Waals surface area contributed by atoms with Crippen LogP contribution >= 0.6 is 11.8 Å². The van der Waals surface area contributed by atoms with Crippen molar-refractivity contribution in [2.45, 2.75) is 25.3 Å². The van der Waals surface area contributed by atoms with Gasteiger partial charge in [-0.2, -0.15) is 0 Å². The largest absolute Gasteiger partial charge is 0.394 e. The minimum absolute atomic E-state index is 0.289. The molecule has 166 valence electrons. The zero-order chi connectivity index (χ0) is 23.1. The fourth-order valence-corrected chi connectivity index (χ4v) is 4.21. The van der Waals surface area contributed by atoms with Crippen molar-refractivity contribution in [2.24, 2.45) is 11.5 Å². The molecule has 1 atom stereocenters. The number of pyridine rings is 1. The molecule has 0 bridgehead atoms. The second kappa shape index (κ2) is 10.4. The number of carbonyl (C=O) groups excluding carboxylic acids is 1. The summed E-state index contributed by atoms with van der Waals surface area (Å²) in [5, 5.41) is 3.34.